The summed E-state index contributed by atoms with van der Waals surface area (Å²) in [5, 5.41) is 22.6. The average molecular weight is 383 g/mol. The van der Waals surface area contributed by atoms with Gasteiger partial charge in [0.1, 0.15) is 11.5 Å². The highest BCUT2D eigenvalue weighted by Gasteiger charge is 2.30. The third kappa shape index (κ3) is 4.21. The number of benzene rings is 2. The van der Waals surface area contributed by atoms with Gasteiger partial charge in [-0.3, -0.25) is 0 Å². The largest absolute Gasteiger partial charge is 0.507 e. The summed E-state index contributed by atoms with van der Waals surface area (Å²) in [4.78, 5) is 0. The van der Waals surface area contributed by atoms with Gasteiger partial charge in [-0.05, 0) is 53.4 Å². The van der Waals surface area contributed by atoms with E-state index in [1.165, 1.54) is 0 Å². The normalized spacial score (nSPS) is 12.6. The molecule has 0 fully saturated rings. The lowest BCUT2D eigenvalue weighted by molar-refractivity contribution is 0.424. The van der Waals surface area contributed by atoms with Crippen LogP contribution in [0.4, 0.5) is 0 Å². The molecular weight excluding hydrogens is 344 g/mol. The maximum atomic E-state index is 11.3. The Morgan fingerprint density at radius 1 is 0.714 bits per heavy atom. The molecule has 0 atom stereocenters. The molecule has 0 radical (unpaired) electrons. The van der Waals surface area contributed by atoms with Gasteiger partial charge < -0.3 is 10.2 Å². The van der Waals surface area contributed by atoms with Crippen molar-refractivity contribution in [2.75, 3.05) is 0 Å². The average Bonchev–Trinajstić information content (AvgIpc) is 2.52. The summed E-state index contributed by atoms with van der Waals surface area (Å²) in [7, 11) is 0. The van der Waals surface area contributed by atoms with E-state index >= 15 is 0 Å². The lowest BCUT2D eigenvalue weighted by Gasteiger charge is -2.30. The second-order valence-corrected chi connectivity index (χ2v) is 10.2. The van der Waals surface area contributed by atoms with Crippen molar-refractivity contribution in [3.05, 3.63) is 57.6 Å². The van der Waals surface area contributed by atoms with E-state index in [2.05, 4.69) is 74.4 Å². The molecule has 0 saturated carbocycles. The molecule has 0 aliphatic carbocycles. The highest BCUT2D eigenvalue weighted by Crippen LogP contribution is 2.47. The summed E-state index contributed by atoms with van der Waals surface area (Å²) in [6, 6.07) is 8.29. The number of hydrogen-bond donors (Lipinski definition) is 2. The van der Waals surface area contributed by atoms with Gasteiger partial charge in [0.15, 0.2) is 0 Å². The fraction of sp³-hybridized carbons (Fsp3) is 0.538. The van der Waals surface area contributed by atoms with E-state index in [0.29, 0.717) is 11.5 Å². The topological polar surface area (TPSA) is 40.5 Å². The standard InChI is InChI=1S/C26H38O2/c1-10-11-18(21-16(2)12-14-19(23(21)27)25(4,5)6)22-17(3)13-15-20(24(22)28)26(7,8)9/h12-15,18,27-28H,10-11H2,1-9H3. The predicted molar refractivity (Wildman–Crippen MR) is 120 cm³/mol. The number of aromatic hydroxyl groups is 2. The lowest BCUT2D eigenvalue weighted by Crippen LogP contribution is -2.16. The smallest absolute Gasteiger partial charge is 0.123 e. The van der Waals surface area contributed by atoms with Crippen molar-refractivity contribution in [3.8, 4) is 11.5 Å². The zero-order valence-electron chi connectivity index (χ0n) is 19.2. The first kappa shape index (κ1) is 22.3. The van der Waals surface area contributed by atoms with E-state index in [0.717, 1.165) is 46.2 Å². The minimum absolute atomic E-state index is 0.0328. The molecule has 154 valence electrons. The Hall–Kier alpha value is -1.96. The summed E-state index contributed by atoms with van der Waals surface area (Å²) >= 11 is 0. The fourth-order valence-electron chi connectivity index (χ4n) is 4.23. The van der Waals surface area contributed by atoms with Crippen LogP contribution in [0.3, 0.4) is 0 Å². The van der Waals surface area contributed by atoms with E-state index < -0.39 is 0 Å². The lowest BCUT2D eigenvalue weighted by atomic mass is 9.76. The molecule has 2 aromatic carbocycles. The van der Waals surface area contributed by atoms with Crippen LogP contribution in [0.25, 0.3) is 0 Å². The van der Waals surface area contributed by atoms with E-state index in [9.17, 15) is 10.2 Å². The summed E-state index contributed by atoms with van der Waals surface area (Å²) in [6.07, 6.45) is 1.85. The van der Waals surface area contributed by atoms with Crippen LogP contribution < -0.4 is 0 Å². The van der Waals surface area contributed by atoms with Crippen LogP contribution >= 0.6 is 0 Å². The van der Waals surface area contributed by atoms with E-state index in [4.69, 9.17) is 0 Å². The van der Waals surface area contributed by atoms with Gasteiger partial charge in [-0.15, -0.1) is 0 Å². The second kappa shape index (κ2) is 7.81. The summed E-state index contributed by atoms with van der Waals surface area (Å²) in [5.74, 6) is 0.728. The van der Waals surface area contributed by atoms with Gasteiger partial charge in [-0.2, -0.15) is 0 Å². The number of phenols is 2. The van der Waals surface area contributed by atoms with Gasteiger partial charge in [-0.1, -0.05) is 79.2 Å². The van der Waals surface area contributed by atoms with Crippen LogP contribution in [0, 0.1) is 13.8 Å². The third-order valence-electron chi connectivity index (χ3n) is 5.76. The second-order valence-electron chi connectivity index (χ2n) is 10.2. The summed E-state index contributed by atoms with van der Waals surface area (Å²) in [5.41, 5.74) is 5.68. The fourth-order valence-corrected chi connectivity index (χ4v) is 4.23. The molecule has 0 aliphatic rings. The van der Waals surface area contributed by atoms with Crippen molar-refractivity contribution >= 4 is 0 Å². The van der Waals surface area contributed by atoms with E-state index in [1.54, 1.807) is 0 Å². The molecule has 2 heteroatoms. The molecule has 0 amide bonds. The number of rotatable bonds is 4. The molecule has 0 spiro atoms. The Labute approximate surface area is 171 Å². The molecular formula is C26H38O2. The first-order valence-electron chi connectivity index (χ1n) is 10.5. The van der Waals surface area contributed by atoms with Crippen LogP contribution in [-0.2, 0) is 10.8 Å². The molecule has 0 heterocycles. The molecule has 2 aromatic rings. The number of phenolic OH excluding ortho intramolecular Hbond substituents is 2. The van der Waals surface area contributed by atoms with Crippen LogP contribution in [0.15, 0.2) is 24.3 Å². The van der Waals surface area contributed by atoms with Crippen molar-refractivity contribution in [3.63, 3.8) is 0 Å². The van der Waals surface area contributed by atoms with Gasteiger partial charge in [0.05, 0.1) is 0 Å². The van der Waals surface area contributed by atoms with Crippen molar-refractivity contribution in [1.29, 1.82) is 0 Å². The van der Waals surface area contributed by atoms with E-state index in [1.807, 2.05) is 12.1 Å². The first-order chi connectivity index (χ1) is 12.8. The highest BCUT2D eigenvalue weighted by molar-refractivity contribution is 5.58. The van der Waals surface area contributed by atoms with Crippen LogP contribution in [0.2, 0.25) is 0 Å². The molecule has 0 unspecified atom stereocenters. The molecule has 28 heavy (non-hydrogen) atoms. The quantitative estimate of drug-likeness (QED) is 0.585. The Bertz CT molecular complexity index is 779. The van der Waals surface area contributed by atoms with Crippen LogP contribution in [0.1, 0.15) is 101 Å². The molecule has 0 saturated heterocycles. The summed E-state index contributed by atoms with van der Waals surface area (Å²) < 4.78 is 0. The molecule has 2 nitrogen and oxygen atoms in total. The Kier molecular flexibility index (Phi) is 6.23. The first-order valence-corrected chi connectivity index (χ1v) is 10.5. The molecule has 0 bridgehead atoms. The van der Waals surface area contributed by atoms with Crippen molar-refractivity contribution < 1.29 is 10.2 Å². The third-order valence-corrected chi connectivity index (χ3v) is 5.76. The van der Waals surface area contributed by atoms with Gasteiger partial charge in [0, 0.05) is 17.0 Å². The van der Waals surface area contributed by atoms with Gasteiger partial charge >= 0.3 is 0 Å². The van der Waals surface area contributed by atoms with Crippen molar-refractivity contribution in [2.24, 2.45) is 0 Å². The molecule has 2 N–H and O–H groups in total. The minimum atomic E-state index is -0.145. The Morgan fingerprint density at radius 2 is 1.07 bits per heavy atom. The van der Waals surface area contributed by atoms with E-state index in [-0.39, 0.29) is 16.7 Å². The zero-order chi connectivity index (χ0) is 21.4. The molecule has 2 rings (SSSR count). The van der Waals surface area contributed by atoms with Crippen molar-refractivity contribution in [1.82, 2.24) is 0 Å². The zero-order valence-corrected chi connectivity index (χ0v) is 19.2. The predicted octanol–water partition coefficient (Wildman–Crippen LogP) is 7.24. The maximum absolute atomic E-state index is 11.3. The van der Waals surface area contributed by atoms with Gasteiger partial charge in [0.2, 0.25) is 0 Å². The van der Waals surface area contributed by atoms with Crippen molar-refractivity contribution in [2.45, 2.75) is 91.9 Å². The number of aryl methyl sites for hydroxylation is 2. The Balaban J connectivity index is 2.83. The maximum Gasteiger partial charge on any atom is 0.123 e. The summed E-state index contributed by atoms with van der Waals surface area (Å²) in [6.45, 7) is 19.0. The number of hydrogen-bond acceptors (Lipinski definition) is 2. The van der Waals surface area contributed by atoms with Gasteiger partial charge in [-0.25, -0.2) is 0 Å². The molecule has 0 aliphatic heterocycles. The SMILES string of the molecule is CCCC(c1c(C)ccc(C(C)(C)C)c1O)c1c(C)ccc(C(C)(C)C)c1O. The Morgan fingerprint density at radius 3 is 1.36 bits per heavy atom. The molecule has 0 aromatic heterocycles. The monoisotopic (exact) mass is 382 g/mol. The minimum Gasteiger partial charge on any atom is -0.507 e. The highest BCUT2D eigenvalue weighted by atomic mass is 16.3. The van der Waals surface area contributed by atoms with Gasteiger partial charge in [0.25, 0.3) is 0 Å². The van der Waals surface area contributed by atoms with Crippen LogP contribution in [-0.4, -0.2) is 10.2 Å². The van der Waals surface area contributed by atoms with Crippen LogP contribution in [0.5, 0.6) is 11.5 Å².